The molecule has 1 rings (SSSR count). The van der Waals surface area contributed by atoms with Gasteiger partial charge in [0.1, 0.15) is 18.3 Å². The number of nitrogen functional groups attached to an aromatic ring is 1. The van der Waals surface area contributed by atoms with Gasteiger partial charge in [-0.15, -0.1) is 0 Å². The van der Waals surface area contributed by atoms with E-state index in [9.17, 15) is 9.59 Å². The summed E-state index contributed by atoms with van der Waals surface area (Å²) in [6, 6.07) is 6.44. The molecule has 0 spiro atoms. The van der Waals surface area contributed by atoms with E-state index in [1.54, 1.807) is 65.8 Å². The maximum Gasteiger partial charge on any atom is 0.425 e. The molecule has 0 atom stereocenters. The van der Waals surface area contributed by atoms with Crippen molar-refractivity contribution >= 4 is 23.7 Å². The van der Waals surface area contributed by atoms with Gasteiger partial charge in [0.05, 0.1) is 0 Å². The van der Waals surface area contributed by atoms with Crippen LogP contribution in [-0.2, 0) is 14.3 Å². The van der Waals surface area contributed by atoms with Crippen molar-refractivity contribution in [2.24, 2.45) is 5.16 Å². The molecule has 1 aromatic carbocycles. The molecule has 0 heterocycles. The molecule has 8 nitrogen and oxygen atoms in total. The van der Waals surface area contributed by atoms with E-state index in [2.05, 4.69) is 5.16 Å². The minimum atomic E-state index is -0.931. The second kappa shape index (κ2) is 8.07. The first-order valence-corrected chi connectivity index (χ1v) is 8.07. The van der Waals surface area contributed by atoms with Gasteiger partial charge >= 0.3 is 12.2 Å². The summed E-state index contributed by atoms with van der Waals surface area (Å²) in [6.07, 6.45) is -1.86. The average molecular weight is 365 g/mol. The van der Waals surface area contributed by atoms with Crippen molar-refractivity contribution in [1.29, 1.82) is 0 Å². The maximum absolute atomic E-state index is 12.7. The predicted molar refractivity (Wildman–Crippen MR) is 98.7 cm³/mol. The summed E-state index contributed by atoms with van der Waals surface area (Å²) in [7, 11) is 1.31. The smallest absolute Gasteiger partial charge is 0.425 e. The van der Waals surface area contributed by atoms with Crippen LogP contribution in [0, 0.1) is 0 Å². The Bertz CT molecular complexity index is 642. The molecule has 0 unspecified atom stereocenters. The quantitative estimate of drug-likeness (QED) is 0.370. The Balaban J connectivity index is 3.38. The van der Waals surface area contributed by atoms with Crippen molar-refractivity contribution in [2.75, 3.05) is 12.8 Å². The number of oxime groups is 1. The third kappa shape index (κ3) is 6.62. The maximum atomic E-state index is 12.7. The van der Waals surface area contributed by atoms with Gasteiger partial charge in [0, 0.05) is 11.3 Å². The molecule has 0 saturated carbocycles. The number of benzene rings is 1. The van der Waals surface area contributed by atoms with Crippen LogP contribution in [0.1, 0.15) is 47.1 Å². The molecule has 0 aliphatic rings. The van der Waals surface area contributed by atoms with Crippen molar-refractivity contribution in [1.82, 2.24) is 4.90 Å². The van der Waals surface area contributed by atoms with Gasteiger partial charge in [0.15, 0.2) is 5.84 Å². The zero-order valence-corrected chi connectivity index (χ0v) is 16.3. The highest BCUT2D eigenvalue weighted by molar-refractivity contribution is 6.15. The molecule has 26 heavy (non-hydrogen) atoms. The Hall–Kier alpha value is -2.77. The Morgan fingerprint density at radius 3 is 1.69 bits per heavy atom. The van der Waals surface area contributed by atoms with Gasteiger partial charge in [-0.1, -0.05) is 5.16 Å². The van der Waals surface area contributed by atoms with Crippen molar-refractivity contribution in [3.8, 4) is 0 Å². The summed E-state index contributed by atoms with van der Waals surface area (Å²) in [5, 5.41) is 3.83. The summed E-state index contributed by atoms with van der Waals surface area (Å²) in [4.78, 5) is 30.9. The zero-order valence-electron chi connectivity index (χ0n) is 16.3. The molecule has 0 radical (unpaired) electrons. The molecule has 2 amide bonds. The van der Waals surface area contributed by atoms with Crippen LogP contribution in [0.15, 0.2) is 29.4 Å². The van der Waals surface area contributed by atoms with E-state index in [0.29, 0.717) is 16.2 Å². The molecule has 0 aromatic heterocycles. The number of imide groups is 1. The summed E-state index contributed by atoms with van der Waals surface area (Å²) in [6.45, 7) is 10.1. The third-order valence-corrected chi connectivity index (χ3v) is 2.71. The number of ether oxygens (including phenoxy) is 2. The molecule has 0 fully saturated rings. The van der Waals surface area contributed by atoms with Gasteiger partial charge in [-0.05, 0) is 65.8 Å². The summed E-state index contributed by atoms with van der Waals surface area (Å²) < 4.78 is 10.7. The highest BCUT2D eigenvalue weighted by atomic mass is 16.6. The summed E-state index contributed by atoms with van der Waals surface area (Å²) in [5.74, 6) is -0.0731. The minimum absolute atomic E-state index is 0.0731. The van der Waals surface area contributed by atoms with Crippen LogP contribution in [-0.4, -0.2) is 41.2 Å². The van der Waals surface area contributed by atoms with E-state index < -0.39 is 23.4 Å². The summed E-state index contributed by atoms with van der Waals surface area (Å²) in [5.41, 5.74) is 5.00. The van der Waals surface area contributed by atoms with Crippen molar-refractivity contribution in [3.05, 3.63) is 29.8 Å². The minimum Gasteiger partial charge on any atom is -0.443 e. The number of carbonyl (C=O) groups excluding carboxylic acids is 2. The largest absolute Gasteiger partial charge is 0.443 e. The number of hydrogen-bond donors (Lipinski definition) is 1. The van der Waals surface area contributed by atoms with Crippen LogP contribution < -0.4 is 5.73 Å². The van der Waals surface area contributed by atoms with Crippen LogP contribution in [0.2, 0.25) is 0 Å². The Labute approximate surface area is 153 Å². The number of anilines is 1. The molecule has 0 aliphatic heterocycles. The first-order valence-electron chi connectivity index (χ1n) is 8.07. The number of nitrogens with zero attached hydrogens (tertiary/aromatic N) is 2. The molecule has 0 bridgehead atoms. The highest BCUT2D eigenvalue weighted by Gasteiger charge is 2.36. The molecule has 8 heteroatoms. The Kier molecular flexibility index (Phi) is 6.60. The van der Waals surface area contributed by atoms with Gasteiger partial charge < -0.3 is 20.0 Å². The van der Waals surface area contributed by atoms with E-state index in [4.69, 9.17) is 20.0 Å². The Morgan fingerprint density at radius 2 is 1.35 bits per heavy atom. The number of amidine groups is 1. The van der Waals surface area contributed by atoms with Crippen molar-refractivity contribution in [3.63, 3.8) is 0 Å². The number of hydrogen-bond acceptors (Lipinski definition) is 7. The number of carbonyl (C=O) groups is 2. The van der Waals surface area contributed by atoms with Crippen molar-refractivity contribution < 1.29 is 23.9 Å². The van der Waals surface area contributed by atoms with Crippen LogP contribution in [0.4, 0.5) is 15.3 Å². The molecule has 1 aromatic rings. The lowest BCUT2D eigenvalue weighted by atomic mass is 10.1. The number of amides is 2. The van der Waals surface area contributed by atoms with E-state index in [0.717, 1.165) is 0 Å². The van der Waals surface area contributed by atoms with Gasteiger partial charge in [-0.2, -0.15) is 4.90 Å². The van der Waals surface area contributed by atoms with Gasteiger partial charge in [-0.25, -0.2) is 9.59 Å². The zero-order chi connectivity index (χ0) is 20.1. The molecular weight excluding hydrogens is 338 g/mol. The lowest BCUT2D eigenvalue weighted by Crippen LogP contribution is -2.47. The lowest BCUT2D eigenvalue weighted by molar-refractivity contribution is 0.0140. The third-order valence-electron chi connectivity index (χ3n) is 2.71. The van der Waals surface area contributed by atoms with Gasteiger partial charge in [-0.3, -0.25) is 0 Å². The fraction of sp³-hybridized carbons (Fsp3) is 0.500. The van der Waals surface area contributed by atoms with Crippen LogP contribution in [0.3, 0.4) is 0 Å². The lowest BCUT2D eigenvalue weighted by Gasteiger charge is -2.28. The van der Waals surface area contributed by atoms with Gasteiger partial charge in [0.25, 0.3) is 0 Å². The average Bonchev–Trinajstić information content (AvgIpc) is 2.43. The van der Waals surface area contributed by atoms with Crippen LogP contribution >= 0.6 is 0 Å². The predicted octanol–water partition coefficient (Wildman–Crippen LogP) is 3.75. The normalized spacial score (nSPS) is 12.3. The fourth-order valence-electron chi connectivity index (χ4n) is 1.80. The fourth-order valence-corrected chi connectivity index (χ4v) is 1.80. The molecule has 144 valence electrons. The van der Waals surface area contributed by atoms with E-state index in [1.165, 1.54) is 7.11 Å². The van der Waals surface area contributed by atoms with Gasteiger partial charge in [0.2, 0.25) is 0 Å². The Morgan fingerprint density at radius 1 is 0.923 bits per heavy atom. The van der Waals surface area contributed by atoms with Crippen LogP contribution in [0.5, 0.6) is 0 Å². The monoisotopic (exact) mass is 365 g/mol. The SMILES string of the molecule is CO/N=C(\c1ccc(N)cc1)N(C(=O)OC(C)(C)C)C(=O)OC(C)(C)C. The van der Waals surface area contributed by atoms with E-state index in [1.807, 2.05) is 0 Å². The molecule has 0 aliphatic carbocycles. The van der Waals surface area contributed by atoms with E-state index in [-0.39, 0.29) is 5.84 Å². The second-order valence-corrected chi connectivity index (χ2v) is 7.52. The topological polar surface area (TPSA) is 103 Å². The first kappa shape index (κ1) is 21.3. The standard InChI is InChI=1S/C18H27N3O5/c1-17(2,3)25-15(22)21(16(23)26-18(4,5)6)14(20-24-7)12-8-10-13(19)11-9-12/h8-11H,19H2,1-7H3/b20-14+. The second-order valence-electron chi connectivity index (χ2n) is 7.52. The molecule has 0 saturated heterocycles. The number of nitrogens with two attached hydrogens (primary N) is 1. The molecule has 2 N–H and O–H groups in total. The molecular formula is C18H27N3O5. The van der Waals surface area contributed by atoms with E-state index >= 15 is 0 Å². The summed E-state index contributed by atoms with van der Waals surface area (Å²) >= 11 is 0. The highest BCUT2D eigenvalue weighted by Crippen LogP contribution is 2.18. The first-order chi connectivity index (χ1) is 11.8. The van der Waals surface area contributed by atoms with Crippen LogP contribution in [0.25, 0.3) is 0 Å². The number of rotatable bonds is 2. The van der Waals surface area contributed by atoms with Crippen molar-refractivity contribution in [2.45, 2.75) is 52.7 Å².